The van der Waals surface area contributed by atoms with Gasteiger partial charge in [0, 0.05) is 19.3 Å². The molecule has 0 aliphatic carbocycles. The van der Waals surface area contributed by atoms with E-state index >= 15 is 0 Å². The van der Waals surface area contributed by atoms with Gasteiger partial charge in [0.25, 0.3) is 0 Å². The second kappa shape index (κ2) is 4.98. The Morgan fingerprint density at radius 3 is 2.57 bits per heavy atom. The number of hydrogen-bond donors (Lipinski definition) is 2. The van der Waals surface area contributed by atoms with Gasteiger partial charge < -0.3 is 15.2 Å². The molecule has 1 aromatic rings. The highest BCUT2D eigenvalue weighted by Crippen LogP contribution is 2.09. The van der Waals surface area contributed by atoms with Crippen molar-refractivity contribution in [1.82, 2.24) is 0 Å². The van der Waals surface area contributed by atoms with Crippen molar-refractivity contribution in [1.29, 1.82) is 0 Å². The Morgan fingerprint density at radius 2 is 2.00 bits per heavy atom. The zero-order chi connectivity index (χ0) is 10.4. The smallest absolute Gasteiger partial charge is 0.102 e. The number of ether oxygens (including phenoxy) is 1. The van der Waals surface area contributed by atoms with Crippen LogP contribution in [0.1, 0.15) is 6.92 Å². The summed E-state index contributed by atoms with van der Waals surface area (Å²) in [5, 5.41) is 12.9. The van der Waals surface area contributed by atoms with Crippen LogP contribution >= 0.6 is 0 Å². The molecule has 0 saturated heterocycles. The average molecular weight is 195 g/mol. The Bertz CT molecular complexity index is 259. The van der Waals surface area contributed by atoms with Crippen molar-refractivity contribution >= 4 is 5.69 Å². The highest BCUT2D eigenvalue weighted by molar-refractivity contribution is 5.42. The first-order valence-corrected chi connectivity index (χ1v) is 4.64. The van der Waals surface area contributed by atoms with Crippen LogP contribution in [0.25, 0.3) is 0 Å². The van der Waals surface area contributed by atoms with Crippen LogP contribution in [-0.2, 0) is 4.74 Å². The summed E-state index contributed by atoms with van der Waals surface area (Å²) in [6.07, 6.45) is 0. The van der Waals surface area contributed by atoms with Crippen LogP contribution in [0, 0.1) is 0 Å². The summed E-state index contributed by atoms with van der Waals surface area (Å²) in [6, 6.07) is 9.78. The quantitative estimate of drug-likeness (QED) is 0.748. The van der Waals surface area contributed by atoms with Gasteiger partial charge >= 0.3 is 0 Å². The van der Waals surface area contributed by atoms with Gasteiger partial charge in [-0.3, -0.25) is 0 Å². The van der Waals surface area contributed by atoms with Gasteiger partial charge in [0.2, 0.25) is 0 Å². The van der Waals surface area contributed by atoms with E-state index in [0.717, 1.165) is 5.69 Å². The van der Waals surface area contributed by atoms with Crippen molar-refractivity contribution in [3.63, 3.8) is 0 Å². The van der Waals surface area contributed by atoms with Gasteiger partial charge in [-0.25, -0.2) is 0 Å². The number of rotatable bonds is 5. The molecule has 1 atom stereocenters. The molecule has 0 spiro atoms. The summed E-state index contributed by atoms with van der Waals surface area (Å²) in [7, 11) is 1.58. The third kappa shape index (κ3) is 3.77. The molecule has 3 nitrogen and oxygen atoms in total. The van der Waals surface area contributed by atoms with E-state index in [2.05, 4.69) is 5.32 Å². The van der Waals surface area contributed by atoms with Crippen LogP contribution in [0.3, 0.4) is 0 Å². The number of aliphatic hydroxyl groups is 1. The van der Waals surface area contributed by atoms with Gasteiger partial charge in [-0.05, 0) is 19.1 Å². The first-order valence-electron chi connectivity index (χ1n) is 4.64. The molecule has 0 aromatic heterocycles. The second-order valence-corrected chi connectivity index (χ2v) is 3.65. The molecule has 0 fully saturated rings. The van der Waals surface area contributed by atoms with Crippen LogP contribution in [0.5, 0.6) is 0 Å². The Hall–Kier alpha value is -1.06. The highest BCUT2D eigenvalue weighted by Gasteiger charge is 2.19. The maximum absolute atomic E-state index is 9.79. The van der Waals surface area contributed by atoms with Crippen molar-refractivity contribution in [2.24, 2.45) is 0 Å². The number of hydrogen-bond acceptors (Lipinski definition) is 3. The van der Waals surface area contributed by atoms with Crippen LogP contribution < -0.4 is 5.32 Å². The van der Waals surface area contributed by atoms with Crippen molar-refractivity contribution in [3.05, 3.63) is 30.3 Å². The van der Waals surface area contributed by atoms with E-state index in [0.29, 0.717) is 13.2 Å². The van der Waals surface area contributed by atoms with Gasteiger partial charge in [-0.15, -0.1) is 0 Å². The molecule has 1 rings (SSSR count). The normalized spacial score (nSPS) is 14.8. The van der Waals surface area contributed by atoms with Crippen LogP contribution in [-0.4, -0.2) is 31.0 Å². The summed E-state index contributed by atoms with van der Waals surface area (Å²) in [6.45, 7) is 2.55. The molecule has 0 aliphatic rings. The molecule has 0 heterocycles. The fraction of sp³-hybridized carbons (Fsp3) is 0.455. The maximum Gasteiger partial charge on any atom is 0.102 e. The van der Waals surface area contributed by atoms with Crippen molar-refractivity contribution in [2.45, 2.75) is 12.5 Å². The molecule has 1 unspecified atom stereocenters. The molecule has 0 amide bonds. The van der Waals surface area contributed by atoms with Crippen LogP contribution in [0.2, 0.25) is 0 Å². The number of methoxy groups -OCH3 is 1. The Balaban J connectivity index is 2.40. The average Bonchev–Trinajstić information content (AvgIpc) is 2.17. The highest BCUT2D eigenvalue weighted by atomic mass is 16.5. The zero-order valence-corrected chi connectivity index (χ0v) is 8.66. The second-order valence-electron chi connectivity index (χ2n) is 3.65. The largest absolute Gasteiger partial charge is 0.386 e. The first-order chi connectivity index (χ1) is 6.64. The first kappa shape index (κ1) is 11.0. The molecule has 1 aromatic carbocycles. The predicted octanol–water partition coefficient (Wildman–Crippen LogP) is 1.50. The third-order valence-corrected chi connectivity index (χ3v) is 1.90. The lowest BCUT2D eigenvalue weighted by atomic mass is 10.1. The predicted molar refractivity (Wildman–Crippen MR) is 57.4 cm³/mol. The molecular formula is C11H17NO2. The molecule has 78 valence electrons. The third-order valence-electron chi connectivity index (χ3n) is 1.90. The van der Waals surface area contributed by atoms with Gasteiger partial charge in [-0.1, -0.05) is 18.2 Å². The molecular weight excluding hydrogens is 178 g/mol. The molecule has 3 heteroatoms. The molecule has 0 saturated carbocycles. The standard InChI is InChI=1S/C11H17NO2/c1-11(13,9-14-2)8-12-10-6-4-3-5-7-10/h3-7,12-13H,8-9H2,1-2H3. The number of anilines is 1. The van der Waals surface area contributed by atoms with E-state index < -0.39 is 5.60 Å². The van der Waals surface area contributed by atoms with Gasteiger partial charge in [0.1, 0.15) is 5.60 Å². The Morgan fingerprint density at radius 1 is 1.36 bits per heavy atom. The van der Waals surface area contributed by atoms with Crippen LogP contribution in [0.15, 0.2) is 30.3 Å². The maximum atomic E-state index is 9.79. The molecule has 0 aliphatic heterocycles. The molecule has 0 radical (unpaired) electrons. The fourth-order valence-electron chi connectivity index (χ4n) is 1.21. The molecule has 0 bridgehead atoms. The van der Waals surface area contributed by atoms with E-state index in [1.54, 1.807) is 14.0 Å². The lowest BCUT2D eigenvalue weighted by molar-refractivity contribution is -0.00635. The van der Waals surface area contributed by atoms with E-state index in [4.69, 9.17) is 4.74 Å². The van der Waals surface area contributed by atoms with Crippen molar-refractivity contribution in [3.8, 4) is 0 Å². The number of nitrogens with one attached hydrogen (secondary N) is 1. The topological polar surface area (TPSA) is 41.5 Å². The minimum atomic E-state index is -0.829. The number of para-hydroxylation sites is 1. The van der Waals surface area contributed by atoms with E-state index in [-0.39, 0.29) is 0 Å². The van der Waals surface area contributed by atoms with E-state index in [1.165, 1.54) is 0 Å². The van der Waals surface area contributed by atoms with Crippen LogP contribution in [0.4, 0.5) is 5.69 Å². The summed E-state index contributed by atoms with van der Waals surface area (Å²) in [5.74, 6) is 0. The summed E-state index contributed by atoms with van der Waals surface area (Å²) < 4.78 is 4.91. The number of benzene rings is 1. The molecule has 14 heavy (non-hydrogen) atoms. The summed E-state index contributed by atoms with van der Waals surface area (Å²) in [4.78, 5) is 0. The summed E-state index contributed by atoms with van der Waals surface area (Å²) in [5.41, 5.74) is 0.175. The van der Waals surface area contributed by atoms with Gasteiger partial charge in [-0.2, -0.15) is 0 Å². The van der Waals surface area contributed by atoms with Gasteiger partial charge in [0.05, 0.1) is 6.61 Å². The monoisotopic (exact) mass is 195 g/mol. The lowest BCUT2D eigenvalue weighted by Crippen LogP contribution is -2.38. The Kier molecular flexibility index (Phi) is 3.92. The van der Waals surface area contributed by atoms with E-state index in [9.17, 15) is 5.11 Å². The summed E-state index contributed by atoms with van der Waals surface area (Å²) >= 11 is 0. The Labute approximate surface area is 84.7 Å². The minimum absolute atomic E-state index is 0.326. The lowest BCUT2D eigenvalue weighted by Gasteiger charge is -2.23. The van der Waals surface area contributed by atoms with Crippen molar-refractivity contribution < 1.29 is 9.84 Å². The van der Waals surface area contributed by atoms with Gasteiger partial charge in [0.15, 0.2) is 0 Å². The minimum Gasteiger partial charge on any atom is -0.386 e. The molecule has 2 N–H and O–H groups in total. The SMILES string of the molecule is COCC(C)(O)CNc1ccccc1. The van der Waals surface area contributed by atoms with E-state index in [1.807, 2.05) is 30.3 Å². The van der Waals surface area contributed by atoms with Crippen molar-refractivity contribution in [2.75, 3.05) is 25.6 Å². The fourth-order valence-corrected chi connectivity index (χ4v) is 1.21. The zero-order valence-electron chi connectivity index (χ0n) is 8.66.